The van der Waals surface area contributed by atoms with Gasteiger partial charge in [0.05, 0.1) is 4.47 Å². The van der Waals surface area contributed by atoms with Crippen molar-refractivity contribution in [1.82, 2.24) is 5.32 Å². The maximum atomic E-state index is 13.6. The molecule has 0 aromatic heterocycles. The van der Waals surface area contributed by atoms with Gasteiger partial charge in [-0.15, -0.1) is 0 Å². The van der Waals surface area contributed by atoms with E-state index >= 15 is 0 Å². The topological polar surface area (TPSA) is 21.3 Å². The highest BCUT2D eigenvalue weighted by Crippen LogP contribution is 2.31. The first-order chi connectivity index (χ1) is 8.72. The normalized spacial score (nSPS) is 18.8. The molecule has 100 valence electrons. The number of benzene rings is 1. The van der Waals surface area contributed by atoms with Crippen LogP contribution in [-0.2, 0) is 4.74 Å². The fourth-order valence-corrected chi connectivity index (χ4v) is 2.78. The van der Waals surface area contributed by atoms with E-state index in [-0.39, 0.29) is 11.9 Å². The Bertz CT molecular complexity index is 393. The zero-order valence-electron chi connectivity index (χ0n) is 10.6. The van der Waals surface area contributed by atoms with E-state index < -0.39 is 0 Å². The van der Waals surface area contributed by atoms with E-state index in [0.717, 1.165) is 38.2 Å². The zero-order chi connectivity index (χ0) is 13.0. The van der Waals surface area contributed by atoms with Crippen molar-refractivity contribution in [2.75, 3.05) is 19.8 Å². The van der Waals surface area contributed by atoms with Gasteiger partial charge in [0, 0.05) is 19.3 Å². The molecule has 1 aromatic rings. The third-order valence-corrected chi connectivity index (χ3v) is 4.11. The van der Waals surface area contributed by atoms with Crippen molar-refractivity contribution in [3.63, 3.8) is 0 Å². The average Bonchev–Trinajstić information content (AvgIpc) is 2.40. The molecular formula is C14H19BrFNO. The predicted octanol–water partition coefficient (Wildman–Crippen LogP) is 3.67. The van der Waals surface area contributed by atoms with Crippen LogP contribution in [0, 0.1) is 11.7 Å². The van der Waals surface area contributed by atoms with Crippen LogP contribution in [0.1, 0.15) is 31.4 Å². The summed E-state index contributed by atoms with van der Waals surface area (Å²) in [4.78, 5) is 0. The minimum absolute atomic E-state index is 0.192. The molecule has 0 bridgehead atoms. The summed E-state index contributed by atoms with van der Waals surface area (Å²) in [5, 5.41) is 3.48. The van der Waals surface area contributed by atoms with Crippen molar-refractivity contribution in [2.24, 2.45) is 5.92 Å². The quantitative estimate of drug-likeness (QED) is 0.915. The van der Waals surface area contributed by atoms with Gasteiger partial charge in [0.15, 0.2) is 0 Å². The lowest BCUT2D eigenvalue weighted by Gasteiger charge is -2.31. The second-order valence-electron chi connectivity index (χ2n) is 4.66. The summed E-state index contributed by atoms with van der Waals surface area (Å²) >= 11 is 3.20. The minimum atomic E-state index is -0.192. The Morgan fingerprint density at radius 1 is 1.44 bits per heavy atom. The van der Waals surface area contributed by atoms with Crippen molar-refractivity contribution in [3.8, 4) is 0 Å². The van der Waals surface area contributed by atoms with Gasteiger partial charge in [-0.05, 0) is 58.9 Å². The number of hydrogen-bond donors (Lipinski definition) is 1. The third kappa shape index (κ3) is 3.31. The molecule has 1 saturated heterocycles. The number of nitrogens with one attached hydrogen (secondary N) is 1. The molecule has 1 atom stereocenters. The van der Waals surface area contributed by atoms with Crippen LogP contribution in [0.5, 0.6) is 0 Å². The van der Waals surface area contributed by atoms with Gasteiger partial charge in [0.2, 0.25) is 0 Å². The highest BCUT2D eigenvalue weighted by molar-refractivity contribution is 9.10. The average molecular weight is 316 g/mol. The maximum absolute atomic E-state index is 13.6. The maximum Gasteiger partial charge on any atom is 0.137 e. The summed E-state index contributed by atoms with van der Waals surface area (Å²) in [6.07, 6.45) is 2.07. The summed E-state index contributed by atoms with van der Waals surface area (Å²) < 4.78 is 19.6. The summed E-state index contributed by atoms with van der Waals surface area (Å²) in [6.45, 7) is 4.60. The van der Waals surface area contributed by atoms with Gasteiger partial charge in [-0.25, -0.2) is 4.39 Å². The Morgan fingerprint density at radius 3 is 2.78 bits per heavy atom. The summed E-state index contributed by atoms with van der Waals surface area (Å²) in [5.74, 6) is 0.335. The largest absolute Gasteiger partial charge is 0.381 e. The van der Waals surface area contributed by atoms with Crippen LogP contribution < -0.4 is 5.32 Å². The van der Waals surface area contributed by atoms with E-state index in [1.165, 1.54) is 0 Å². The lowest BCUT2D eigenvalue weighted by molar-refractivity contribution is 0.0538. The van der Waals surface area contributed by atoms with Crippen LogP contribution in [0.15, 0.2) is 22.7 Å². The van der Waals surface area contributed by atoms with E-state index in [4.69, 9.17) is 4.74 Å². The van der Waals surface area contributed by atoms with Crippen LogP contribution in [0.3, 0.4) is 0 Å². The lowest BCUT2D eigenvalue weighted by Crippen LogP contribution is -2.32. The smallest absolute Gasteiger partial charge is 0.137 e. The third-order valence-electron chi connectivity index (χ3n) is 3.46. The van der Waals surface area contributed by atoms with E-state index in [1.54, 1.807) is 12.1 Å². The molecule has 2 nitrogen and oxygen atoms in total. The van der Waals surface area contributed by atoms with E-state index in [2.05, 4.69) is 28.2 Å². The molecule has 1 fully saturated rings. The van der Waals surface area contributed by atoms with Crippen molar-refractivity contribution in [3.05, 3.63) is 34.1 Å². The Hall–Kier alpha value is -0.450. The van der Waals surface area contributed by atoms with Gasteiger partial charge in [-0.3, -0.25) is 0 Å². The SMILES string of the molecule is CCNC(c1ccc(Br)c(F)c1)C1CCOCC1. The molecular weight excluding hydrogens is 297 g/mol. The van der Waals surface area contributed by atoms with Crippen molar-refractivity contribution in [2.45, 2.75) is 25.8 Å². The molecule has 1 heterocycles. The monoisotopic (exact) mass is 315 g/mol. The van der Waals surface area contributed by atoms with E-state index in [9.17, 15) is 4.39 Å². The van der Waals surface area contributed by atoms with Crippen LogP contribution in [-0.4, -0.2) is 19.8 Å². The van der Waals surface area contributed by atoms with E-state index in [1.807, 2.05) is 6.07 Å². The summed E-state index contributed by atoms with van der Waals surface area (Å²) in [6, 6.07) is 5.64. The number of hydrogen-bond acceptors (Lipinski definition) is 2. The zero-order valence-corrected chi connectivity index (χ0v) is 12.2. The van der Waals surface area contributed by atoms with Gasteiger partial charge in [0.25, 0.3) is 0 Å². The second kappa shape index (κ2) is 6.64. The molecule has 4 heteroatoms. The highest BCUT2D eigenvalue weighted by atomic mass is 79.9. The molecule has 1 aromatic carbocycles. The molecule has 1 aliphatic heterocycles. The molecule has 1 N–H and O–H groups in total. The van der Waals surface area contributed by atoms with Crippen LogP contribution >= 0.6 is 15.9 Å². The molecule has 1 aliphatic rings. The number of ether oxygens (including phenoxy) is 1. The van der Waals surface area contributed by atoms with Crippen molar-refractivity contribution >= 4 is 15.9 Å². The Kier molecular flexibility index (Phi) is 5.15. The van der Waals surface area contributed by atoms with Gasteiger partial charge < -0.3 is 10.1 Å². The minimum Gasteiger partial charge on any atom is -0.381 e. The van der Waals surface area contributed by atoms with Crippen molar-refractivity contribution < 1.29 is 9.13 Å². The van der Waals surface area contributed by atoms with Gasteiger partial charge >= 0.3 is 0 Å². The molecule has 0 aliphatic carbocycles. The molecule has 0 amide bonds. The van der Waals surface area contributed by atoms with Crippen molar-refractivity contribution in [1.29, 1.82) is 0 Å². The van der Waals surface area contributed by atoms with E-state index in [0.29, 0.717) is 10.4 Å². The summed E-state index contributed by atoms with van der Waals surface area (Å²) in [7, 11) is 0. The second-order valence-corrected chi connectivity index (χ2v) is 5.51. The van der Waals surface area contributed by atoms with Gasteiger partial charge in [-0.2, -0.15) is 0 Å². The Labute approximate surface area is 116 Å². The van der Waals surface area contributed by atoms with Crippen LogP contribution in [0.2, 0.25) is 0 Å². The molecule has 0 spiro atoms. The predicted molar refractivity (Wildman–Crippen MR) is 74.1 cm³/mol. The Morgan fingerprint density at radius 2 is 2.17 bits per heavy atom. The lowest BCUT2D eigenvalue weighted by atomic mass is 9.87. The Balaban J connectivity index is 2.19. The molecule has 0 radical (unpaired) electrons. The molecule has 2 rings (SSSR count). The van der Waals surface area contributed by atoms with Gasteiger partial charge in [0.1, 0.15) is 5.82 Å². The summed E-state index contributed by atoms with van der Waals surface area (Å²) in [5.41, 5.74) is 1.03. The van der Waals surface area contributed by atoms with Gasteiger partial charge in [-0.1, -0.05) is 13.0 Å². The first-order valence-electron chi connectivity index (χ1n) is 6.48. The fraction of sp³-hybridized carbons (Fsp3) is 0.571. The van der Waals surface area contributed by atoms with Crippen LogP contribution in [0.4, 0.5) is 4.39 Å². The number of rotatable bonds is 4. The standard InChI is InChI=1S/C14H19BrFNO/c1-2-17-14(10-5-7-18-8-6-10)11-3-4-12(15)13(16)9-11/h3-4,9-10,14,17H,2,5-8H2,1H3. The fourth-order valence-electron chi connectivity index (χ4n) is 2.53. The number of halogens is 2. The van der Waals surface area contributed by atoms with Crippen LogP contribution in [0.25, 0.3) is 0 Å². The first-order valence-corrected chi connectivity index (χ1v) is 7.27. The highest BCUT2D eigenvalue weighted by Gasteiger charge is 2.25. The first kappa shape index (κ1) is 14.0. The molecule has 18 heavy (non-hydrogen) atoms. The molecule has 1 unspecified atom stereocenters. The molecule has 0 saturated carbocycles.